The number of hydrogen-bond acceptors (Lipinski definition) is 4. The summed E-state index contributed by atoms with van der Waals surface area (Å²) in [5, 5.41) is 8.76. The smallest absolute Gasteiger partial charge is 0.240 e. The third-order valence-electron chi connectivity index (χ3n) is 5.37. The van der Waals surface area contributed by atoms with E-state index in [-0.39, 0.29) is 42.6 Å². The van der Waals surface area contributed by atoms with Crippen molar-refractivity contribution in [2.45, 2.75) is 44.2 Å². The minimum atomic E-state index is -0.774. The van der Waals surface area contributed by atoms with Crippen molar-refractivity contribution in [3.8, 4) is 0 Å². The fraction of sp³-hybridized carbons (Fsp3) is 0.800. The Bertz CT molecular complexity index is 487. The summed E-state index contributed by atoms with van der Waals surface area (Å²) in [6.45, 7) is 1.49. The van der Waals surface area contributed by atoms with Gasteiger partial charge in [0.2, 0.25) is 17.7 Å². The highest BCUT2D eigenvalue weighted by molar-refractivity contribution is 5.90. The molecule has 0 aromatic carbocycles. The van der Waals surface area contributed by atoms with E-state index < -0.39 is 11.9 Å². The lowest BCUT2D eigenvalue weighted by atomic mass is 9.92. The van der Waals surface area contributed by atoms with Gasteiger partial charge in [-0.1, -0.05) is 6.42 Å². The molecule has 8 heteroatoms. The number of primary amides is 1. The van der Waals surface area contributed by atoms with Crippen molar-refractivity contribution in [1.29, 1.82) is 0 Å². The van der Waals surface area contributed by atoms with E-state index in [1.807, 2.05) is 0 Å². The van der Waals surface area contributed by atoms with Crippen molar-refractivity contribution >= 4 is 30.1 Å². The van der Waals surface area contributed by atoms with Crippen LogP contribution in [0.3, 0.4) is 0 Å². The summed E-state index contributed by atoms with van der Waals surface area (Å²) in [4.78, 5) is 35.7. The summed E-state index contributed by atoms with van der Waals surface area (Å²) in [6, 6.07) is -1.00. The van der Waals surface area contributed by atoms with Gasteiger partial charge < -0.3 is 21.7 Å². The Morgan fingerprint density at radius 3 is 2.74 bits per heavy atom. The monoisotopic (exact) mass is 344 g/mol. The molecule has 3 fully saturated rings. The maximum absolute atomic E-state index is 12.5. The van der Waals surface area contributed by atoms with E-state index in [0.29, 0.717) is 24.8 Å². The highest BCUT2D eigenvalue weighted by atomic mass is 35.5. The average Bonchev–Trinajstić information content (AvgIpc) is 3.14. The van der Waals surface area contributed by atoms with E-state index in [1.165, 1.54) is 12.8 Å². The van der Waals surface area contributed by atoms with Crippen molar-refractivity contribution in [2.75, 3.05) is 13.1 Å². The summed E-state index contributed by atoms with van der Waals surface area (Å²) in [5.74, 6) is -0.0961. The molecule has 5 N–H and O–H groups in total. The van der Waals surface area contributed by atoms with E-state index in [0.717, 1.165) is 13.0 Å². The van der Waals surface area contributed by atoms with Gasteiger partial charge in [0.05, 0.1) is 6.04 Å². The van der Waals surface area contributed by atoms with Gasteiger partial charge in [-0.25, -0.2) is 0 Å². The molecule has 3 rings (SSSR count). The Balaban J connectivity index is 0.00000192. The second-order valence-corrected chi connectivity index (χ2v) is 6.72. The Hall–Kier alpha value is -1.34. The van der Waals surface area contributed by atoms with Crippen LogP contribution >= 0.6 is 12.4 Å². The molecule has 130 valence electrons. The maximum atomic E-state index is 12.5. The van der Waals surface area contributed by atoms with Crippen LogP contribution in [0.5, 0.6) is 0 Å². The van der Waals surface area contributed by atoms with Crippen molar-refractivity contribution in [2.24, 2.45) is 23.5 Å². The first-order valence-electron chi connectivity index (χ1n) is 8.17. The van der Waals surface area contributed by atoms with Crippen LogP contribution in [0.1, 0.15) is 32.1 Å². The number of fused-ring (bicyclic) bond motifs is 1. The minimum Gasteiger partial charge on any atom is -0.368 e. The van der Waals surface area contributed by atoms with Gasteiger partial charge >= 0.3 is 0 Å². The number of nitrogens with two attached hydrogens (primary N) is 1. The van der Waals surface area contributed by atoms with Gasteiger partial charge in [-0.2, -0.15) is 0 Å². The van der Waals surface area contributed by atoms with Crippen LogP contribution in [-0.2, 0) is 14.4 Å². The predicted octanol–water partition coefficient (Wildman–Crippen LogP) is -0.707. The lowest BCUT2D eigenvalue weighted by Crippen LogP contribution is -2.52. The molecule has 2 aliphatic heterocycles. The largest absolute Gasteiger partial charge is 0.368 e. The second kappa shape index (κ2) is 7.49. The van der Waals surface area contributed by atoms with E-state index in [9.17, 15) is 14.4 Å². The Kier molecular flexibility index (Phi) is 5.86. The van der Waals surface area contributed by atoms with Crippen LogP contribution < -0.4 is 21.7 Å². The Labute approximate surface area is 141 Å². The standard InChI is InChI=1S/C15H24N4O3.ClH/c16-13(20)11(6-8-4-5-17-14(8)21)19-15(22)12-10-3-1-2-9(10)7-18-12;/h8-12,18H,1-7H2,(H2,16,20)(H,17,21)(H,19,22);1H/t8-,9-,10-,11-,12-;/m0./s1. The van der Waals surface area contributed by atoms with Gasteiger partial charge in [0.15, 0.2) is 0 Å². The first-order chi connectivity index (χ1) is 10.6. The van der Waals surface area contributed by atoms with Gasteiger partial charge in [0.25, 0.3) is 0 Å². The highest BCUT2D eigenvalue weighted by Gasteiger charge is 2.43. The minimum absolute atomic E-state index is 0. The number of hydrogen-bond donors (Lipinski definition) is 4. The summed E-state index contributed by atoms with van der Waals surface area (Å²) >= 11 is 0. The average molecular weight is 345 g/mol. The summed E-state index contributed by atoms with van der Waals surface area (Å²) in [5.41, 5.74) is 5.41. The maximum Gasteiger partial charge on any atom is 0.240 e. The molecule has 2 heterocycles. The van der Waals surface area contributed by atoms with Gasteiger partial charge in [-0.3, -0.25) is 14.4 Å². The SMILES string of the molecule is Cl.NC(=O)[C@H](C[C@@H]1CCNC1=O)NC(=O)[C@H]1NC[C@@H]2CCC[C@@H]21. The number of rotatable bonds is 5. The normalized spacial score (nSPS) is 33.5. The predicted molar refractivity (Wildman–Crippen MR) is 86.7 cm³/mol. The molecule has 1 saturated carbocycles. The number of carbonyl (C=O) groups is 3. The zero-order chi connectivity index (χ0) is 15.7. The summed E-state index contributed by atoms with van der Waals surface area (Å²) in [6.07, 6.45) is 4.37. The quantitative estimate of drug-likeness (QED) is 0.527. The highest BCUT2D eigenvalue weighted by Crippen LogP contribution is 2.37. The Morgan fingerprint density at radius 2 is 2.09 bits per heavy atom. The molecule has 1 aliphatic carbocycles. The molecule has 0 radical (unpaired) electrons. The van der Waals surface area contributed by atoms with Gasteiger partial charge in [0, 0.05) is 12.5 Å². The van der Waals surface area contributed by atoms with Crippen molar-refractivity contribution in [3.05, 3.63) is 0 Å². The van der Waals surface area contributed by atoms with E-state index in [2.05, 4.69) is 16.0 Å². The topological polar surface area (TPSA) is 113 Å². The molecular formula is C15H25ClN4O3. The van der Waals surface area contributed by atoms with E-state index in [1.54, 1.807) is 0 Å². The first-order valence-corrected chi connectivity index (χ1v) is 8.17. The number of carbonyl (C=O) groups excluding carboxylic acids is 3. The zero-order valence-electron chi connectivity index (χ0n) is 13.0. The van der Waals surface area contributed by atoms with E-state index >= 15 is 0 Å². The molecule has 2 saturated heterocycles. The van der Waals surface area contributed by atoms with Crippen molar-refractivity contribution in [1.82, 2.24) is 16.0 Å². The molecule has 0 bridgehead atoms. The molecule has 0 aromatic heterocycles. The van der Waals surface area contributed by atoms with Crippen molar-refractivity contribution in [3.63, 3.8) is 0 Å². The molecule has 0 aromatic rings. The lowest BCUT2D eigenvalue weighted by molar-refractivity contribution is -0.130. The fourth-order valence-corrected chi connectivity index (χ4v) is 4.14. The second-order valence-electron chi connectivity index (χ2n) is 6.72. The number of halogens is 1. The summed E-state index contributed by atoms with van der Waals surface area (Å²) in [7, 11) is 0. The van der Waals surface area contributed by atoms with Gasteiger partial charge in [-0.15, -0.1) is 12.4 Å². The van der Waals surface area contributed by atoms with Crippen molar-refractivity contribution < 1.29 is 14.4 Å². The first kappa shape index (κ1) is 18.0. The van der Waals surface area contributed by atoms with Crippen LogP contribution in [0.15, 0.2) is 0 Å². The Morgan fingerprint density at radius 1 is 1.30 bits per heavy atom. The molecule has 7 nitrogen and oxygen atoms in total. The summed E-state index contributed by atoms with van der Waals surface area (Å²) < 4.78 is 0. The van der Waals surface area contributed by atoms with E-state index in [4.69, 9.17) is 5.73 Å². The van der Waals surface area contributed by atoms with Crippen LogP contribution in [0.25, 0.3) is 0 Å². The molecule has 23 heavy (non-hydrogen) atoms. The molecule has 3 aliphatic rings. The van der Waals surface area contributed by atoms with Gasteiger partial charge in [0.1, 0.15) is 6.04 Å². The zero-order valence-corrected chi connectivity index (χ0v) is 13.9. The number of amides is 3. The lowest BCUT2D eigenvalue weighted by Gasteiger charge is -2.22. The van der Waals surface area contributed by atoms with Crippen LogP contribution in [0, 0.1) is 17.8 Å². The molecule has 5 atom stereocenters. The molecular weight excluding hydrogens is 320 g/mol. The third-order valence-corrected chi connectivity index (χ3v) is 5.37. The fourth-order valence-electron chi connectivity index (χ4n) is 4.14. The third kappa shape index (κ3) is 3.77. The van der Waals surface area contributed by atoms with Crippen LogP contribution in [0.2, 0.25) is 0 Å². The molecule has 0 spiro atoms. The van der Waals surface area contributed by atoms with Crippen LogP contribution in [0.4, 0.5) is 0 Å². The van der Waals surface area contributed by atoms with Gasteiger partial charge in [-0.05, 0) is 44.1 Å². The molecule has 3 amide bonds. The molecule has 0 unspecified atom stereocenters. The van der Waals surface area contributed by atoms with Crippen LogP contribution in [-0.4, -0.2) is 42.9 Å². The number of nitrogens with one attached hydrogen (secondary N) is 3.